The molecule has 0 radical (unpaired) electrons. The van der Waals surface area contributed by atoms with Crippen molar-refractivity contribution in [3.8, 4) is 0 Å². The van der Waals surface area contributed by atoms with Crippen molar-refractivity contribution in [2.24, 2.45) is 5.41 Å². The molecule has 1 unspecified atom stereocenters. The van der Waals surface area contributed by atoms with Crippen LogP contribution in [0.5, 0.6) is 0 Å². The number of esters is 1. The van der Waals surface area contributed by atoms with Crippen LogP contribution in [-0.4, -0.2) is 83.3 Å². The summed E-state index contributed by atoms with van der Waals surface area (Å²) in [5.41, 5.74) is 1.59. The summed E-state index contributed by atoms with van der Waals surface area (Å²) >= 11 is 0. The van der Waals surface area contributed by atoms with Crippen LogP contribution in [0.25, 0.3) is 11.0 Å². The normalized spacial score (nSPS) is 24.1. The summed E-state index contributed by atoms with van der Waals surface area (Å²) in [6.07, 6.45) is 4.37. The number of rotatable bonds is 5. The average molecular weight is 427 g/mol. The van der Waals surface area contributed by atoms with Gasteiger partial charge in [0.1, 0.15) is 6.10 Å². The van der Waals surface area contributed by atoms with E-state index in [0.29, 0.717) is 38.9 Å². The van der Waals surface area contributed by atoms with Gasteiger partial charge in [0.2, 0.25) is 5.91 Å². The van der Waals surface area contributed by atoms with Gasteiger partial charge in [-0.3, -0.25) is 14.5 Å². The van der Waals surface area contributed by atoms with Crippen LogP contribution in [0.3, 0.4) is 0 Å². The Balaban J connectivity index is 1.12. The van der Waals surface area contributed by atoms with Crippen LogP contribution in [-0.2, 0) is 25.6 Å². The molecule has 0 bridgehead atoms. The third-order valence-electron chi connectivity index (χ3n) is 7.06. The molecule has 166 valence electrons. The van der Waals surface area contributed by atoms with E-state index < -0.39 is 5.41 Å². The summed E-state index contributed by atoms with van der Waals surface area (Å²) in [4.78, 5) is 34.1. The number of morpholine rings is 1. The van der Waals surface area contributed by atoms with Gasteiger partial charge in [-0.15, -0.1) is 0 Å². The van der Waals surface area contributed by atoms with Gasteiger partial charge in [0.05, 0.1) is 36.0 Å². The maximum atomic E-state index is 12.8. The smallest absolute Gasteiger partial charge is 0.312 e. The first-order valence-electron chi connectivity index (χ1n) is 11.3. The Morgan fingerprint density at radius 1 is 1.13 bits per heavy atom. The quantitative estimate of drug-likeness (QED) is 0.677. The number of benzene rings is 1. The molecule has 0 aliphatic carbocycles. The van der Waals surface area contributed by atoms with Gasteiger partial charge in [0, 0.05) is 52.1 Å². The van der Waals surface area contributed by atoms with Crippen molar-refractivity contribution in [2.75, 3.05) is 45.9 Å². The SMILES string of the molecule is O=C(CCn1cnc2ccccc21)N1CCC2(CC1)CC(CN1CCOCC1)OC2=O. The first-order chi connectivity index (χ1) is 15.1. The lowest BCUT2D eigenvalue weighted by molar-refractivity contribution is -0.153. The molecule has 1 atom stereocenters. The lowest BCUT2D eigenvalue weighted by Crippen LogP contribution is -2.45. The molecule has 1 aromatic carbocycles. The molecule has 3 fully saturated rings. The minimum absolute atomic E-state index is 0.0395. The number of hydrogen-bond acceptors (Lipinski definition) is 6. The van der Waals surface area contributed by atoms with Gasteiger partial charge in [0.15, 0.2) is 0 Å². The molecule has 1 amide bonds. The molecule has 1 aromatic heterocycles. The number of aromatic nitrogens is 2. The number of cyclic esters (lactones) is 1. The van der Waals surface area contributed by atoms with Gasteiger partial charge < -0.3 is 18.9 Å². The van der Waals surface area contributed by atoms with E-state index in [4.69, 9.17) is 9.47 Å². The lowest BCUT2D eigenvalue weighted by atomic mass is 9.76. The van der Waals surface area contributed by atoms with E-state index in [-0.39, 0.29) is 18.0 Å². The first kappa shape index (κ1) is 20.5. The summed E-state index contributed by atoms with van der Waals surface area (Å²) in [5.74, 6) is 0.0756. The molecule has 31 heavy (non-hydrogen) atoms. The van der Waals surface area contributed by atoms with E-state index in [1.54, 1.807) is 6.33 Å². The fraction of sp³-hybridized carbons (Fsp3) is 0.609. The number of piperidine rings is 1. The Hall–Kier alpha value is -2.45. The van der Waals surface area contributed by atoms with Crippen molar-refractivity contribution < 1.29 is 19.1 Å². The van der Waals surface area contributed by atoms with Crippen LogP contribution in [0.1, 0.15) is 25.7 Å². The zero-order valence-electron chi connectivity index (χ0n) is 17.9. The van der Waals surface area contributed by atoms with Gasteiger partial charge in [0.25, 0.3) is 0 Å². The molecule has 8 heteroatoms. The Morgan fingerprint density at radius 2 is 1.90 bits per heavy atom. The van der Waals surface area contributed by atoms with E-state index in [1.165, 1.54) is 0 Å². The standard InChI is InChI=1S/C23H30N4O4/c28-21(5-8-27-17-24-19-3-1-2-4-20(19)27)26-9-6-23(7-10-26)15-18(31-22(23)29)16-25-11-13-30-14-12-25/h1-4,17-18H,5-16H2. The van der Waals surface area contributed by atoms with Gasteiger partial charge in [-0.2, -0.15) is 0 Å². The molecular weight excluding hydrogens is 396 g/mol. The molecule has 5 rings (SSSR count). The molecule has 0 saturated carbocycles. The zero-order valence-corrected chi connectivity index (χ0v) is 17.9. The Kier molecular flexibility index (Phi) is 5.67. The summed E-state index contributed by atoms with van der Waals surface area (Å²) in [7, 11) is 0. The van der Waals surface area contributed by atoms with E-state index in [9.17, 15) is 9.59 Å². The minimum atomic E-state index is -0.408. The first-order valence-corrected chi connectivity index (χ1v) is 11.3. The van der Waals surface area contributed by atoms with Gasteiger partial charge in [-0.05, 0) is 25.0 Å². The van der Waals surface area contributed by atoms with Crippen molar-refractivity contribution in [3.63, 3.8) is 0 Å². The predicted molar refractivity (Wildman–Crippen MR) is 114 cm³/mol. The highest BCUT2D eigenvalue weighted by Crippen LogP contribution is 2.43. The highest BCUT2D eigenvalue weighted by atomic mass is 16.6. The number of ether oxygens (including phenoxy) is 2. The number of imidazole rings is 1. The van der Waals surface area contributed by atoms with Gasteiger partial charge >= 0.3 is 5.97 Å². The zero-order chi connectivity index (χ0) is 21.3. The fourth-order valence-corrected chi connectivity index (χ4v) is 5.17. The largest absolute Gasteiger partial charge is 0.461 e. The molecular formula is C23H30N4O4. The maximum Gasteiger partial charge on any atom is 0.312 e. The molecule has 8 nitrogen and oxygen atoms in total. The third-order valence-corrected chi connectivity index (χ3v) is 7.06. The fourth-order valence-electron chi connectivity index (χ4n) is 5.17. The number of carbonyl (C=O) groups is 2. The predicted octanol–water partition coefficient (Wildman–Crippen LogP) is 1.68. The second kappa shape index (κ2) is 8.59. The summed E-state index contributed by atoms with van der Waals surface area (Å²) in [5, 5.41) is 0. The van der Waals surface area contributed by atoms with Crippen molar-refractivity contribution in [1.82, 2.24) is 19.4 Å². The Labute approximate surface area is 182 Å². The average Bonchev–Trinajstić information content (AvgIpc) is 3.34. The Morgan fingerprint density at radius 3 is 2.71 bits per heavy atom. The molecule has 0 N–H and O–H groups in total. The Bertz CT molecular complexity index is 944. The number of likely N-dealkylation sites (tertiary alicyclic amines) is 1. The van der Waals surface area contributed by atoms with Gasteiger partial charge in [-0.1, -0.05) is 12.1 Å². The molecule has 4 heterocycles. The molecule has 3 saturated heterocycles. The number of aryl methyl sites for hydroxylation is 1. The van der Waals surface area contributed by atoms with E-state index >= 15 is 0 Å². The van der Waals surface area contributed by atoms with Crippen molar-refractivity contribution in [3.05, 3.63) is 30.6 Å². The number of amides is 1. The van der Waals surface area contributed by atoms with E-state index in [2.05, 4.69) is 9.88 Å². The van der Waals surface area contributed by atoms with Crippen LogP contribution in [0.4, 0.5) is 0 Å². The molecule has 3 aliphatic heterocycles. The molecule has 2 aromatic rings. The van der Waals surface area contributed by atoms with Crippen molar-refractivity contribution >= 4 is 22.9 Å². The van der Waals surface area contributed by atoms with Crippen LogP contribution in [0, 0.1) is 5.41 Å². The number of nitrogens with zero attached hydrogens (tertiary/aromatic N) is 4. The third kappa shape index (κ3) is 4.19. The maximum absolute atomic E-state index is 12.8. The highest BCUT2D eigenvalue weighted by molar-refractivity contribution is 5.81. The lowest BCUT2D eigenvalue weighted by Gasteiger charge is -2.36. The van der Waals surface area contributed by atoms with Crippen LogP contribution >= 0.6 is 0 Å². The monoisotopic (exact) mass is 426 g/mol. The summed E-state index contributed by atoms with van der Waals surface area (Å²) in [6, 6.07) is 7.95. The van der Waals surface area contributed by atoms with Gasteiger partial charge in [-0.25, -0.2) is 4.98 Å². The number of fused-ring (bicyclic) bond motifs is 1. The highest BCUT2D eigenvalue weighted by Gasteiger charge is 2.51. The molecule has 3 aliphatic rings. The van der Waals surface area contributed by atoms with E-state index in [1.807, 2.05) is 33.7 Å². The van der Waals surface area contributed by atoms with Crippen molar-refractivity contribution in [1.29, 1.82) is 0 Å². The number of hydrogen-bond donors (Lipinski definition) is 0. The number of carbonyl (C=O) groups excluding carboxylic acids is 2. The van der Waals surface area contributed by atoms with Crippen LogP contribution in [0.15, 0.2) is 30.6 Å². The molecule has 1 spiro atoms. The summed E-state index contributed by atoms with van der Waals surface area (Å²) in [6.45, 7) is 5.95. The summed E-state index contributed by atoms with van der Waals surface area (Å²) < 4.78 is 13.2. The number of para-hydroxylation sites is 2. The second-order valence-corrected chi connectivity index (χ2v) is 8.98. The van der Waals surface area contributed by atoms with Crippen LogP contribution < -0.4 is 0 Å². The van der Waals surface area contributed by atoms with Crippen molar-refractivity contribution in [2.45, 2.75) is 38.3 Å². The van der Waals surface area contributed by atoms with Crippen LogP contribution in [0.2, 0.25) is 0 Å². The van der Waals surface area contributed by atoms with E-state index in [0.717, 1.165) is 50.3 Å². The second-order valence-electron chi connectivity index (χ2n) is 8.98. The topological polar surface area (TPSA) is 76.9 Å². The minimum Gasteiger partial charge on any atom is -0.461 e.